The van der Waals surface area contributed by atoms with Crippen LogP contribution in [0.1, 0.15) is 5.56 Å². The Labute approximate surface area is 131 Å². The van der Waals surface area contributed by atoms with Crippen LogP contribution < -0.4 is 5.43 Å². The molecule has 0 N–H and O–H groups in total. The van der Waals surface area contributed by atoms with E-state index in [0.717, 1.165) is 16.6 Å². The Bertz CT molecular complexity index is 896. The van der Waals surface area contributed by atoms with E-state index in [1.54, 1.807) is 18.2 Å². The monoisotopic (exact) mass is 368 g/mol. The highest BCUT2D eigenvalue weighted by Crippen LogP contribution is 2.31. The Morgan fingerprint density at radius 1 is 0.955 bits per heavy atom. The van der Waals surface area contributed by atoms with Crippen LogP contribution in [0.4, 0.5) is 13.2 Å². The van der Waals surface area contributed by atoms with E-state index in [4.69, 9.17) is 4.42 Å². The predicted molar refractivity (Wildman–Crippen MR) is 80.6 cm³/mol. The molecule has 6 heteroatoms. The van der Waals surface area contributed by atoms with Crippen LogP contribution in [0.2, 0.25) is 0 Å². The molecule has 2 nitrogen and oxygen atoms in total. The van der Waals surface area contributed by atoms with E-state index < -0.39 is 11.7 Å². The second kappa shape index (κ2) is 5.28. The number of alkyl halides is 3. The summed E-state index contributed by atoms with van der Waals surface area (Å²) in [5.74, 6) is 0.230. The second-order valence-corrected chi connectivity index (χ2v) is 5.61. The molecule has 0 aliphatic rings. The van der Waals surface area contributed by atoms with Crippen LogP contribution in [-0.2, 0) is 6.18 Å². The second-order valence-electron chi connectivity index (χ2n) is 4.69. The lowest BCUT2D eigenvalue weighted by Gasteiger charge is -2.08. The van der Waals surface area contributed by atoms with Crippen molar-refractivity contribution < 1.29 is 17.6 Å². The van der Waals surface area contributed by atoms with Gasteiger partial charge in [-0.05, 0) is 30.3 Å². The van der Waals surface area contributed by atoms with Crippen LogP contribution in [0.5, 0.6) is 0 Å². The van der Waals surface area contributed by atoms with Gasteiger partial charge in [-0.3, -0.25) is 4.79 Å². The van der Waals surface area contributed by atoms with Gasteiger partial charge >= 0.3 is 6.18 Å². The van der Waals surface area contributed by atoms with E-state index in [0.29, 0.717) is 16.5 Å². The molecule has 0 spiro atoms. The average Bonchev–Trinajstić information content (AvgIpc) is 2.47. The van der Waals surface area contributed by atoms with Crippen molar-refractivity contribution in [3.8, 4) is 11.3 Å². The van der Waals surface area contributed by atoms with Crippen molar-refractivity contribution in [3.05, 3.63) is 68.8 Å². The van der Waals surface area contributed by atoms with Gasteiger partial charge in [-0.25, -0.2) is 0 Å². The summed E-state index contributed by atoms with van der Waals surface area (Å²) in [4.78, 5) is 12.1. The molecule has 0 fully saturated rings. The molecule has 22 heavy (non-hydrogen) atoms. The Kier molecular flexibility index (Phi) is 3.56. The smallest absolute Gasteiger partial charge is 0.416 e. The fourth-order valence-corrected chi connectivity index (χ4v) is 2.46. The quantitative estimate of drug-likeness (QED) is 0.587. The maximum absolute atomic E-state index is 12.6. The van der Waals surface area contributed by atoms with E-state index >= 15 is 0 Å². The summed E-state index contributed by atoms with van der Waals surface area (Å²) in [6, 6.07) is 10.8. The van der Waals surface area contributed by atoms with Gasteiger partial charge in [-0.15, -0.1) is 0 Å². The minimum atomic E-state index is -4.39. The Morgan fingerprint density at radius 3 is 2.27 bits per heavy atom. The zero-order valence-corrected chi connectivity index (χ0v) is 12.5. The third kappa shape index (κ3) is 2.78. The van der Waals surface area contributed by atoms with E-state index in [1.165, 1.54) is 18.2 Å². The van der Waals surface area contributed by atoms with Crippen LogP contribution in [0.15, 0.2) is 62.2 Å². The highest BCUT2D eigenvalue weighted by atomic mass is 79.9. The highest BCUT2D eigenvalue weighted by Gasteiger charge is 2.30. The molecule has 0 bridgehead atoms. The normalized spacial score (nSPS) is 11.8. The summed E-state index contributed by atoms with van der Waals surface area (Å²) in [5.41, 5.74) is -0.207. The first kappa shape index (κ1) is 14.8. The van der Waals surface area contributed by atoms with Crippen molar-refractivity contribution in [2.45, 2.75) is 6.18 Å². The number of hydrogen-bond donors (Lipinski definition) is 0. The van der Waals surface area contributed by atoms with Crippen molar-refractivity contribution in [1.29, 1.82) is 0 Å². The molecule has 1 aromatic heterocycles. The minimum Gasteiger partial charge on any atom is -0.456 e. The Balaban J connectivity index is 2.11. The summed E-state index contributed by atoms with van der Waals surface area (Å²) in [6.07, 6.45) is -4.39. The first-order chi connectivity index (χ1) is 10.3. The maximum atomic E-state index is 12.6. The van der Waals surface area contributed by atoms with E-state index in [-0.39, 0.29) is 11.2 Å². The van der Waals surface area contributed by atoms with Gasteiger partial charge in [0.1, 0.15) is 11.3 Å². The lowest BCUT2D eigenvalue weighted by atomic mass is 10.1. The van der Waals surface area contributed by atoms with Crippen molar-refractivity contribution in [1.82, 2.24) is 0 Å². The number of hydrogen-bond acceptors (Lipinski definition) is 2. The van der Waals surface area contributed by atoms with Gasteiger partial charge in [0.2, 0.25) is 0 Å². The van der Waals surface area contributed by atoms with Crippen LogP contribution in [0.3, 0.4) is 0 Å². The standard InChI is InChI=1S/C16H8BrF3O2/c17-11-5-6-14-12(7-11)13(21)8-15(22-14)9-1-3-10(4-2-9)16(18,19)20/h1-8H. The van der Waals surface area contributed by atoms with Crippen molar-refractivity contribution in [2.75, 3.05) is 0 Å². The van der Waals surface area contributed by atoms with Crippen molar-refractivity contribution >= 4 is 26.9 Å². The molecule has 0 radical (unpaired) electrons. The molecule has 112 valence electrons. The molecule has 0 saturated heterocycles. The van der Waals surface area contributed by atoms with Crippen molar-refractivity contribution in [3.63, 3.8) is 0 Å². The van der Waals surface area contributed by atoms with Gasteiger partial charge in [0.25, 0.3) is 0 Å². The molecule has 3 rings (SSSR count). The maximum Gasteiger partial charge on any atom is 0.416 e. The lowest BCUT2D eigenvalue weighted by Crippen LogP contribution is -2.04. The van der Waals surface area contributed by atoms with Crippen LogP contribution >= 0.6 is 15.9 Å². The third-order valence-corrected chi connectivity index (χ3v) is 3.68. The van der Waals surface area contributed by atoms with Gasteiger partial charge in [0.05, 0.1) is 10.9 Å². The van der Waals surface area contributed by atoms with Gasteiger partial charge in [0, 0.05) is 16.1 Å². The number of rotatable bonds is 1. The van der Waals surface area contributed by atoms with Gasteiger partial charge in [-0.2, -0.15) is 13.2 Å². The first-order valence-corrected chi connectivity index (χ1v) is 7.05. The molecule has 1 heterocycles. The number of fused-ring (bicyclic) bond motifs is 1. The third-order valence-electron chi connectivity index (χ3n) is 3.19. The molecule has 3 aromatic rings. The number of halogens is 4. The zero-order chi connectivity index (χ0) is 15.9. The summed E-state index contributed by atoms with van der Waals surface area (Å²) < 4.78 is 44.0. The van der Waals surface area contributed by atoms with Crippen LogP contribution in [0, 0.1) is 0 Å². The number of benzene rings is 2. The SMILES string of the molecule is O=c1cc(-c2ccc(C(F)(F)F)cc2)oc2ccc(Br)cc12. The van der Waals surface area contributed by atoms with Crippen LogP contribution in [0.25, 0.3) is 22.3 Å². The first-order valence-electron chi connectivity index (χ1n) is 6.26. The molecule has 0 unspecified atom stereocenters. The summed E-state index contributed by atoms with van der Waals surface area (Å²) in [5, 5.41) is 0.407. The molecule has 0 aliphatic carbocycles. The Morgan fingerprint density at radius 2 is 1.64 bits per heavy atom. The fourth-order valence-electron chi connectivity index (χ4n) is 2.09. The van der Waals surface area contributed by atoms with E-state index in [9.17, 15) is 18.0 Å². The Hall–Kier alpha value is -2.08. The summed E-state index contributed by atoms with van der Waals surface area (Å²) in [7, 11) is 0. The van der Waals surface area contributed by atoms with Crippen LogP contribution in [-0.4, -0.2) is 0 Å². The molecular formula is C16H8BrF3O2. The molecule has 2 aromatic carbocycles. The van der Waals surface area contributed by atoms with Gasteiger partial charge in [0.15, 0.2) is 5.43 Å². The molecular weight excluding hydrogens is 361 g/mol. The average molecular weight is 369 g/mol. The molecule has 0 saturated carbocycles. The fraction of sp³-hybridized carbons (Fsp3) is 0.0625. The molecule has 0 amide bonds. The van der Waals surface area contributed by atoms with Crippen molar-refractivity contribution in [2.24, 2.45) is 0 Å². The van der Waals surface area contributed by atoms with Gasteiger partial charge < -0.3 is 4.42 Å². The zero-order valence-electron chi connectivity index (χ0n) is 10.9. The minimum absolute atomic E-state index is 0.230. The summed E-state index contributed by atoms with van der Waals surface area (Å²) >= 11 is 3.27. The largest absolute Gasteiger partial charge is 0.456 e. The lowest BCUT2D eigenvalue weighted by molar-refractivity contribution is -0.137. The van der Waals surface area contributed by atoms with Gasteiger partial charge in [-0.1, -0.05) is 28.1 Å². The highest BCUT2D eigenvalue weighted by molar-refractivity contribution is 9.10. The topological polar surface area (TPSA) is 30.2 Å². The van der Waals surface area contributed by atoms with E-state index in [2.05, 4.69) is 15.9 Å². The summed E-state index contributed by atoms with van der Waals surface area (Å²) in [6.45, 7) is 0. The molecule has 0 aliphatic heterocycles. The van der Waals surface area contributed by atoms with E-state index in [1.807, 2.05) is 0 Å². The predicted octanol–water partition coefficient (Wildman–Crippen LogP) is 5.24. The molecule has 0 atom stereocenters.